The summed E-state index contributed by atoms with van der Waals surface area (Å²) in [5.41, 5.74) is 1.07. The summed E-state index contributed by atoms with van der Waals surface area (Å²) in [6, 6.07) is 0. The molecular weight excluding hydrogens is 180 g/mol. The van der Waals surface area contributed by atoms with Gasteiger partial charge in [-0.1, -0.05) is 0 Å². The standard InChI is InChI=1S/C9H16N4O/c1-10-6-9-7-13(8-11-9)12-2-4-14-5-3-12/h7-8,10H,2-6H2,1H3. The van der Waals surface area contributed by atoms with Gasteiger partial charge in [-0.15, -0.1) is 0 Å². The first-order chi connectivity index (χ1) is 6.90. The number of hydrogen-bond donors (Lipinski definition) is 1. The summed E-state index contributed by atoms with van der Waals surface area (Å²) in [5.74, 6) is 0. The molecule has 0 saturated carbocycles. The molecule has 14 heavy (non-hydrogen) atoms. The summed E-state index contributed by atoms with van der Waals surface area (Å²) < 4.78 is 7.34. The van der Waals surface area contributed by atoms with Gasteiger partial charge in [0.25, 0.3) is 0 Å². The minimum absolute atomic E-state index is 0.805. The van der Waals surface area contributed by atoms with Gasteiger partial charge in [-0.3, -0.25) is 4.68 Å². The van der Waals surface area contributed by atoms with Crippen LogP contribution < -0.4 is 10.3 Å². The van der Waals surface area contributed by atoms with E-state index >= 15 is 0 Å². The van der Waals surface area contributed by atoms with E-state index in [-0.39, 0.29) is 0 Å². The first-order valence-electron chi connectivity index (χ1n) is 4.90. The van der Waals surface area contributed by atoms with Crippen LogP contribution in [0.25, 0.3) is 0 Å². The van der Waals surface area contributed by atoms with E-state index in [0.29, 0.717) is 0 Å². The second kappa shape index (κ2) is 4.43. The molecule has 1 fully saturated rings. The van der Waals surface area contributed by atoms with E-state index in [2.05, 4.69) is 26.2 Å². The molecule has 0 spiro atoms. The van der Waals surface area contributed by atoms with Crippen LogP contribution in [0.2, 0.25) is 0 Å². The van der Waals surface area contributed by atoms with Crippen LogP contribution in [0.5, 0.6) is 0 Å². The lowest BCUT2D eigenvalue weighted by atomic mass is 10.5. The Hall–Kier alpha value is -1.07. The van der Waals surface area contributed by atoms with Gasteiger partial charge in [0.15, 0.2) is 0 Å². The summed E-state index contributed by atoms with van der Waals surface area (Å²) in [6.07, 6.45) is 3.92. The van der Waals surface area contributed by atoms with Crippen molar-refractivity contribution in [3.8, 4) is 0 Å². The highest BCUT2D eigenvalue weighted by atomic mass is 16.5. The Morgan fingerprint density at radius 2 is 2.29 bits per heavy atom. The molecule has 78 valence electrons. The van der Waals surface area contributed by atoms with Crippen LogP contribution in [-0.4, -0.2) is 43.0 Å². The van der Waals surface area contributed by atoms with Gasteiger partial charge in [0, 0.05) is 6.54 Å². The zero-order valence-corrected chi connectivity index (χ0v) is 8.44. The van der Waals surface area contributed by atoms with Gasteiger partial charge < -0.3 is 15.1 Å². The molecule has 1 aromatic heterocycles. The third kappa shape index (κ3) is 2.05. The Kier molecular flexibility index (Phi) is 3.00. The van der Waals surface area contributed by atoms with Crippen LogP contribution in [0.3, 0.4) is 0 Å². The first-order valence-corrected chi connectivity index (χ1v) is 4.90. The second-order valence-electron chi connectivity index (χ2n) is 3.34. The molecule has 1 aliphatic heterocycles. The lowest BCUT2D eigenvalue weighted by molar-refractivity contribution is 0.111. The number of morpholine rings is 1. The highest BCUT2D eigenvalue weighted by Crippen LogP contribution is 2.00. The average molecular weight is 196 g/mol. The van der Waals surface area contributed by atoms with Crippen molar-refractivity contribution in [2.24, 2.45) is 0 Å². The Balaban J connectivity index is 2.00. The Labute approximate surface area is 83.6 Å². The van der Waals surface area contributed by atoms with Gasteiger partial charge >= 0.3 is 0 Å². The monoisotopic (exact) mass is 196 g/mol. The normalized spacial score (nSPS) is 17.4. The third-order valence-corrected chi connectivity index (χ3v) is 2.30. The predicted octanol–water partition coefficient (Wildman–Crippen LogP) is -0.429. The van der Waals surface area contributed by atoms with Gasteiger partial charge in [0.1, 0.15) is 6.33 Å². The summed E-state index contributed by atoms with van der Waals surface area (Å²) >= 11 is 0. The minimum Gasteiger partial charge on any atom is -0.378 e. The molecule has 1 aliphatic rings. The molecule has 1 saturated heterocycles. The van der Waals surface area contributed by atoms with Crippen molar-refractivity contribution in [3.05, 3.63) is 18.2 Å². The fourth-order valence-electron chi connectivity index (χ4n) is 1.56. The number of ether oxygens (including phenoxy) is 1. The van der Waals surface area contributed by atoms with Gasteiger partial charge in [-0.25, -0.2) is 4.98 Å². The summed E-state index contributed by atoms with van der Waals surface area (Å²) in [5, 5.41) is 5.31. The number of aromatic nitrogens is 2. The summed E-state index contributed by atoms with van der Waals surface area (Å²) in [7, 11) is 1.92. The van der Waals surface area contributed by atoms with E-state index < -0.39 is 0 Å². The van der Waals surface area contributed by atoms with E-state index in [1.54, 1.807) is 0 Å². The zero-order valence-electron chi connectivity index (χ0n) is 8.44. The number of rotatable bonds is 3. The zero-order chi connectivity index (χ0) is 9.80. The highest BCUT2D eigenvalue weighted by molar-refractivity contribution is 5.01. The molecule has 0 aliphatic carbocycles. The topological polar surface area (TPSA) is 42.3 Å². The molecule has 1 N–H and O–H groups in total. The van der Waals surface area contributed by atoms with Gasteiger partial charge in [-0.05, 0) is 7.05 Å². The Bertz CT molecular complexity index is 280. The summed E-state index contributed by atoms with van der Waals surface area (Å²) in [6.45, 7) is 4.31. The quantitative estimate of drug-likeness (QED) is 0.712. The van der Waals surface area contributed by atoms with Crippen molar-refractivity contribution >= 4 is 0 Å². The molecule has 0 bridgehead atoms. The smallest absolute Gasteiger partial charge is 0.114 e. The van der Waals surface area contributed by atoms with Crippen molar-refractivity contribution in [2.75, 3.05) is 38.4 Å². The van der Waals surface area contributed by atoms with Crippen molar-refractivity contribution in [3.63, 3.8) is 0 Å². The molecule has 0 atom stereocenters. The van der Waals surface area contributed by atoms with E-state index in [9.17, 15) is 0 Å². The Morgan fingerprint density at radius 3 is 3.00 bits per heavy atom. The second-order valence-corrected chi connectivity index (χ2v) is 3.34. The van der Waals surface area contributed by atoms with Crippen LogP contribution in [-0.2, 0) is 11.3 Å². The van der Waals surface area contributed by atoms with Gasteiger partial charge in [0.2, 0.25) is 0 Å². The maximum Gasteiger partial charge on any atom is 0.114 e. The molecule has 0 amide bonds. The molecule has 2 heterocycles. The maximum atomic E-state index is 5.29. The lowest BCUT2D eigenvalue weighted by Gasteiger charge is -2.29. The first kappa shape index (κ1) is 9.48. The molecule has 5 nitrogen and oxygen atoms in total. The Morgan fingerprint density at radius 1 is 1.50 bits per heavy atom. The molecule has 1 aromatic rings. The van der Waals surface area contributed by atoms with E-state index in [1.807, 2.05) is 13.4 Å². The van der Waals surface area contributed by atoms with E-state index in [0.717, 1.165) is 38.5 Å². The van der Waals surface area contributed by atoms with Gasteiger partial charge in [0.05, 0.1) is 38.2 Å². The number of nitrogens with zero attached hydrogens (tertiary/aromatic N) is 3. The van der Waals surface area contributed by atoms with Crippen molar-refractivity contribution < 1.29 is 4.74 Å². The lowest BCUT2D eigenvalue weighted by Crippen LogP contribution is -2.43. The third-order valence-electron chi connectivity index (χ3n) is 2.30. The average Bonchev–Trinajstić information content (AvgIpc) is 2.68. The van der Waals surface area contributed by atoms with Crippen LogP contribution in [0.4, 0.5) is 0 Å². The SMILES string of the molecule is CNCc1cn(N2CCOCC2)cn1. The number of imidazole rings is 1. The van der Waals surface area contributed by atoms with Crippen molar-refractivity contribution in [2.45, 2.75) is 6.54 Å². The highest BCUT2D eigenvalue weighted by Gasteiger charge is 2.10. The molecular formula is C9H16N4O. The number of hydrogen-bond acceptors (Lipinski definition) is 4. The minimum atomic E-state index is 0.805. The molecule has 5 heteroatoms. The van der Waals surface area contributed by atoms with E-state index in [1.165, 1.54) is 0 Å². The van der Waals surface area contributed by atoms with Crippen LogP contribution in [0.1, 0.15) is 5.69 Å². The molecule has 0 radical (unpaired) electrons. The van der Waals surface area contributed by atoms with Crippen LogP contribution in [0, 0.1) is 0 Å². The van der Waals surface area contributed by atoms with E-state index in [4.69, 9.17) is 4.74 Å². The largest absolute Gasteiger partial charge is 0.378 e. The van der Waals surface area contributed by atoms with Crippen LogP contribution >= 0.6 is 0 Å². The number of nitrogens with one attached hydrogen (secondary N) is 1. The molecule has 0 unspecified atom stereocenters. The van der Waals surface area contributed by atoms with Crippen molar-refractivity contribution in [1.29, 1.82) is 0 Å². The molecule has 2 rings (SSSR count). The van der Waals surface area contributed by atoms with Crippen LogP contribution in [0.15, 0.2) is 12.5 Å². The molecule has 0 aromatic carbocycles. The fraction of sp³-hybridized carbons (Fsp3) is 0.667. The van der Waals surface area contributed by atoms with Crippen molar-refractivity contribution in [1.82, 2.24) is 15.0 Å². The fourth-order valence-corrected chi connectivity index (χ4v) is 1.56. The predicted molar refractivity (Wildman–Crippen MR) is 53.8 cm³/mol. The maximum absolute atomic E-state index is 5.29. The summed E-state index contributed by atoms with van der Waals surface area (Å²) in [4.78, 5) is 4.30. The van der Waals surface area contributed by atoms with Gasteiger partial charge in [-0.2, -0.15) is 0 Å².